The first-order valence-electron chi connectivity index (χ1n) is 9.33. The van der Waals surface area contributed by atoms with Crippen LogP contribution in [0.15, 0.2) is 26.5 Å². The number of ether oxygens (including phenoxy) is 2. The van der Waals surface area contributed by atoms with Gasteiger partial charge in [-0.15, -0.1) is 0 Å². The Morgan fingerprint density at radius 3 is 2.63 bits per heavy atom. The Balaban J connectivity index is 2.40. The molecule has 1 aliphatic heterocycles. The fraction of sp³-hybridized carbons (Fsp3) is 0.500. The molecule has 5 nitrogen and oxygen atoms in total. The third-order valence-electron chi connectivity index (χ3n) is 4.02. The number of hydrogen-bond donors (Lipinski definition) is 0. The first-order valence-corrected chi connectivity index (χ1v) is 10.9. The van der Waals surface area contributed by atoms with Crippen molar-refractivity contribution in [3.05, 3.63) is 27.1 Å². The van der Waals surface area contributed by atoms with Crippen LogP contribution < -0.4 is 9.47 Å². The number of likely N-dealkylation sites (N-methyl/N-ethyl adjacent to an activating group) is 1. The number of carbonyl (C=O) groups excluding carboxylic acids is 1. The van der Waals surface area contributed by atoms with Gasteiger partial charge in [-0.2, -0.15) is 0 Å². The van der Waals surface area contributed by atoms with Gasteiger partial charge in [0.2, 0.25) is 0 Å². The van der Waals surface area contributed by atoms with E-state index in [1.54, 1.807) is 4.90 Å². The summed E-state index contributed by atoms with van der Waals surface area (Å²) in [6.07, 6.45) is 2.87. The highest BCUT2D eigenvalue weighted by atomic mass is 79.9. The van der Waals surface area contributed by atoms with Gasteiger partial charge in [0.05, 0.1) is 22.1 Å². The lowest BCUT2D eigenvalue weighted by atomic mass is 10.1. The highest BCUT2D eigenvalue weighted by Crippen LogP contribution is 2.40. The molecule has 1 amide bonds. The maximum Gasteiger partial charge on any atom is 0.266 e. The summed E-state index contributed by atoms with van der Waals surface area (Å²) in [5.74, 6) is 1.36. The molecule has 0 spiro atoms. The third kappa shape index (κ3) is 5.29. The summed E-state index contributed by atoms with van der Waals surface area (Å²) >= 11 is 5.01. The van der Waals surface area contributed by atoms with E-state index >= 15 is 0 Å². The molecule has 1 atom stereocenters. The molecule has 0 aromatic heterocycles. The highest BCUT2D eigenvalue weighted by molar-refractivity contribution is 9.10. The SMILES string of the molecule is CCN=C1S/C(=C/c2cc(Br)c(O[C@@H](C)CC)c(OCC)c2)C(=O)N1CC. The van der Waals surface area contributed by atoms with E-state index < -0.39 is 0 Å². The number of carbonyl (C=O) groups is 1. The Morgan fingerprint density at radius 2 is 2.04 bits per heavy atom. The number of amidine groups is 1. The lowest BCUT2D eigenvalue weighted by Crippen LogP contribution is -2.28. The van der Waals surface area contributed by atoms with Gasteiger partial charge in [-0.05, 0) is 85.6 Å². The van der Waals surface area contributed by atoms with Crippen molar-refractivity contribution < 1.29 is 14.3 Å². The van der Waals surface area contributed by atoms with Gasteiger partial charge in [0.15, 0.2) is 16.7 Å². The average Bonchev–Trinajstić information content (AvgIpc) is 2.93. The van der Waals surface area contributed by atoms with E-state index in [0.717, 1.165) is 21.6 Å². The van der Waals surface area contributed by atoms with E-state index in [1.165, 1.54) is 11.8 Å². The van der Waals surface area contributed by atoms with Crippen LogP contribution in [0.1, 0.15) is 46.6 Å². The molecule has 0 unspecified atom stereocenters. The van der Waals surface area contributed by atoms with Crippen molar-refractivity contribution in [1.82, 2.24) is 4.90 Å². The summed E-state index contributed by atoms with van der Waals surface area (Å²) in [4.78, 5) is 19.5. The molecule has 1 aromatic rings. The zero-order valence-electron chi connectivity index (χ0n) is 16.5. The molecule has 0 N–H and O–H groups in total. The van der Waals surface area contributed by atoms with Crippen molar-refractivity contribution in [3.8, 4) is 11.5 Å². The number of amides is 1. The molecule has 7 heteroatoms. The van der Waals surface area contributed by atoms with E-state index in [1.807, 2.05) is 45.9 Å². The second kappa shape index (κ2) is 10.2. The number of hydrogen-bond acceptors (Lipinski definition) is 5. The lowest BCUT2D eigenvalue weighted by Gasteiger charge is -2.18. The van der Waals surface area contributed by atoms with Gasteiger partial charge in [0.25, 0.3) is 5.91 Å². The Morgan fingerprint density at radius 1 is 1.30 bits per heavy atom. The predicted molar refractivity (Wildman–Crippen MR) is 117 cm³/mol. The molecule has 1 fully saturated rings. The summed E-state index contributed by atoms with van der Waals surface area (Å²) in [6.45, 7) is 11.8. The first-order chi connectivity index (χ1) is 12.9. The van der Waals surface area contributed by atoms with Gasteiger partial charge < -0.3 is 9.47 Å². The molecular formula is C20H27BrN2O3S. The second-order valence-corrected chi connectivity index (χ2v) is 7.88. The van der Waals surface area contributed by atoms with Crippen LogP contribution in [0.25, 0.3) is 6.08 Å². The van der Waals surface area contributed by atoms with Crippen molar-refractivity contribution >= 4 is 44.8 Å². The molecule has 27 heavy (non-hydrogen) atoms. The molecule has 148 valence electrons. The predicted octanol–water partition coefficient (Wildman–Crippen LogP) is 5.34. The minimum Gasteiger partial charge on any atom is -0.490 e. The molecule has 1 aliphatic rings. The maximum absolute atomic E-state index is 12.7. The number of thioether (sulfide) groups is 1. The molecule has 0 bridgehead atoms. The van der Waals surface area contributed by atoms with Crippen LogP contribution >= 0.6 is 27.7 Å². The Bertz CT molecular complexity index is 749. The summed E-state index contributed by atoms with van der Waals surface area (Å²) in [6, 6.07) is 3.87. The Hall–Kier alpha value is -1.47. The van der Waals surface area contributed by atoms with Gasteiger partial charge >= 0.3 is 0 Å². The van der Waals surface area contributed by atoms with Crippen LogP contribution in [-0.2, 0) is 4.79 Å². The van der Waals surface area contributed by atoms with E-state index in [-0.39, 0.29) is 12.0 Å². The minimum absolute atomic E-state index is 0.0104. The lowest BCUT2D eigenvalue weighted by molar-refractivity contribution is -0.122. The topological polar surface area (TPSA) is 51.1 Å². The van der Waals surface area contributed by atoms with Gasteiger partial charge in [-0.1, -0.05) is 6.92 Å². The second-order valence-electron chi connectivity index (χ2n) is 6.02. The van der Waals surface area contributed by atoms with Gasteiger partial charge in [-0.3, -0.25) is 14.7 Å². The molecule has 1 aromatic carbocycles. The monoisotopic (exact) mass is 454 g/mol. The zero-order chi connectivity index (χ0) is 20.0. The van der Waals surface area contributed by atoms with Crippen LogP contribution in [-0.4, -0.2) is 41.8 Å². The summed E-state index contributed by atoms with van der Waals surface area (Å²) in [7, 11) is 0. The minimum atomic E-state index is -0.0104. The molecule has 2 rings (SSSR count). The van der Waals surface area contributed by atoms with Crippen molar-refractivity contribution in [2.45, 2.75) is 47.1 Å². The average molecular weight is 455 g/mol. The van der Waals surface area contributed by atoms with Crippen molar-refractivity contribution in [3.63, 3.8) is 0 Å². The number of benzene rings is 1. The van der Waals surface area contributed by atoms with Crippen LogP contribution in [0.3, 0.4) is 0 Å². The van der Waals surface area contributed by atoms with E-state index in [0.29, 0.717) is 36.1 Å². The standard InChI is InChI=1S/C20H27BrN2O3S/c1-6-13(5)26-18-15(21)10-14(11-16(18)25-9-4)12-17-19(24)23(8-3)20(27-17)22-7-2/h10-13H,6-9H2,1-5H3/b17-12+,22-20?/t13-/m0/s1. The number of aliphatic imine (C=N–C) groups is 1. The van der Waals surface area contributed by atoms with Crippen molar-refractivity contribution in [1.29, 1.82) is 0 Å². The van der Waals surface area contributed by atoms with Crippen molar-refractivity contribution in [2.24, 2.45) is 4.99 Å². The summed E-state index contributed by atoms with van der Waals surface area (Å²) in [5, 5.41) is 0.761. The zero-order valence-corrected chi connectivity index (χ0v) is 18.9. The smallest absolute Gasteiger partial charge is 0.266 e. The quantitative estimate of drug-likeness (QED) is 0.497. The molecule has 0 radical (unpaired) electrons. The van der Waals surface area contributed by atoms with E-state index in [4.69, 9.17) is 9.47 Å². The van der Waals surface area contributed by atoms with Crippen LogP contribution in [0.5, 0.6) is 11.5 Å². The Labute approximate surface area is 174 Å². The Kier molecular flexibility index (Phi) is 8.23. The number of halogens is 1. The molecular weight excluding hydrogens is 428 g/mol. The highest BCUT2D eigenvalue weighted by Gasteiger charge is 2.32. The van der Waals surface area contributed by atoms with Gasteiger partial charge in [-0.25, -0.2) is 0 Å². The number of rotatable bonds is 8. The molecule has 1 saturated heterocycles. The largest absolute Gasteiger partial charge is 0.490 e. The van der Waals surface area contributed by atoms with Crippen LogP contribution in [0.4, 0.5) is 0 Å². The van der Waals surface area contributed by atoms with Crippen molar-refractivity contribution in [2.75, 3.05) is 19.7 Å². The molecule has 0 saturated carbocycles. The summed E-state index contributed by atoms with van der Waals surface area (Å²) in [5.41, 5.74) is 0.881. The van der Waals surface area contributed by atoms with Crippen LogP contribution in [0, 0.1) is 0 Å². The fourth-order valence-corrected chi connectivity index (χ4v) is 4.18. The molecule has 0 aliphatic carbocycles. The number of nitrogens with zero attached hydrogens (tertiary/aromatic N) is 2. The summed E-state index contributed by atoms with van der Waals surface area (Å²) < 4.78 is 12.6. The van der Waals surface area contributed by atoms with Gasteiger partial charge in [0.1, 0.15) is 0 Å². The normalized spacial score (nSPS) is 18.4. The third-order valence-corrected chi connectivity index (χ3v) is 5.65. The van der Waals surface area contributed by atoms with E-state index in [9.17, 15) is 4.79 Å². The maximum atomic E-state index is 12.7. The fourth-order valence-electron chi connectivity index (χ4n) is 2.52. The van der Waals surface area contributed by atoms with Gasteiger partial charge in [0, 0.05) is 13.1 Å². The van der Waals surface area contributed by atoms with Crippen LogP contribution in [0.2, 0.25) is 0 Å². The molecule has 1 heterocycles. The first kappa shape index (κ1) is 21.8. The van der Waals surface area contributed by atoms with E-state index in [2.05, 4.69) is 27.8 Å².